The maximum atomic E-state index is 11.9. The number of hydrogen-bond donors (Lipinski definition) is 2. The van der Waals surface area contributed by atoms with Crippen LogP contribution in [-0.4, -0.2) is 25.0 Å². The first kappa shape index (κ1) is 20.9. The third kappa shape index (κ3) is 5.38. The molecular formula is C22H22N2O6. The SMILES string of the molecule is Cc1ccc(OCC(=O)NNC(=O)COc2ccc3c(C)cc(=O)oc3c2)cc1C. The molecule has 156 valence electrons. The van der Waals surface area contributed by atoms with Crippen molar-refractivity contribution in [1.29, 1.82) is 0 Å². The van der Waals surface area contributed by atoms with Crippen LogP contribution in [0.2, 0.25) is 0 Å². The highest BCUT2D eigenvalue weighted by molar-refractivity contribution is 5.84. The fourth-order valence-corrected chi connectivity index (χ4v) is 2.71. The van der Waals surface area contributed by atoms with E-state index < -0.39 is 17.4 Å². The van der Waals surface area contributed by atoms with Crippen LogP contribution in [0.3, 0.4) is 0 Å². The number of aryl methyl sites for hydroxylation is 3. The molecule has 2 amide bonds. The highest BCUT2D eigenvalue weighted by Gasteiger charge is 2.09. The highest BCUT2D eigenvalue weighted by atomic mass is 16.5. The van der Waals surface area contributed by atoms with Crippen LogP contribution in [0.1, 0.15) is 16.7 Å². The van der Waals surface area contributed by atoms with Crippen LogP contribution in [0.4, 0.5) is 0 Å². The van der Waals surface area contributed by atoms with Gasteiger partial charge < -0.3 is 13.9 Å². The molecule has 3 aromatic rings. The molecule has 30 heavy (non-hydrogen) atoms. The molecule has 0 radical (unpaired) electrons. The number of fused-ring (bicyclic) bond motifs is 1. The second kappa shape index (κ2) is 9.13. The summed E-state index contributed by atoms with van der Waals surface area (Å²) in [6.45, 7) is 5.16. The van der Waals surface area contributed by atoms with Gasteiger partial charge in [0.1, 0.15) is 17.1 Å². The number of hydrogen-bond acceptors (Lipinski definition) is 6. The Kier molecular flexibility index (Phi) is 6.36. The van der Waals surface area contributed by atoms with E-state index in [0.29, 0.717) is 17.1 Å². The number of carbonyl (C=O) groups is 2. The fraction of sp³-hybridized carbons (Fsp3) is 0.227. The molecule has 0 spiro atoms. The molecule has 8 nitrogen and oxygen atoms in total. The van der Waals surface area contributed by atoms with E-state index in [2.05, 4.69) is 10.9 Å². The molecule has 8 heteroatoms. The zero-order valence-corrected chi connectivity index (χ0v) is 16.9. The Morgan fingerprint density at radius 2 is 1.40 bits per heavy atom. The molecule has 0 aliphatic heterocycles. The fourth-order valence-electron chi connectivity index (χ4n) is 2.71. The molecule has 0 fully saturated rings. The summed E-state index contributed by atoms with van der Waals surface area (Å²) >= 11 is 0. The predicted molar refractivity (Wildman–Crippen MR) is 110 cm³/mol. The Bertz CT molecular complexity index is 1150. The zero-order chi connectivity index (χ0) is 21.7. The molecule has 0 unspecified atom stereocenters. The average Bonchev–Trinajstić information content (AvgIpc) is 2.71. The van der Waals surface area contributed by atoms with Crippen molar-refractivity contribution >= 4 is 22.8 Å². The topological polar surface area (TPSA) is 107 Å². The standard InChI is InChI=1S/C22H22N2O6/c1-13-4-5-16(8-14(13)2)28-11-20(25)23-24-21(26)12-29-17-6-7-18-15(3)9-22(27)30-19(18)10-17/h4-10H,11-12H2,1-3H3,(H,23,25)(H,24,26). The van der Waals surface area contributed by atoms with Gasteiger partial charge in [-0.1, -0.05) is 6.07 Å². The lowest BCUT2D eigenvalue weighted by molar-refractivity contribution is -0.131. The van der Waals surface area contributed by atoms with Gasteiger partial charge in [-0.15, -0.1) is 0 Å². The molecular weight excluding hydrogens is 388 g/mol. The average molecular weight is 410 g/mol. The van der Waals surface area contributed by atoms with Crippen LogP contribution in [0.25, 0.3) is 11.0 Å². The second-order valence-corrected chi connectivity index (χ2v) is 6.83. The minimum absolute atomic E-state index is 0.243. The van der Waals surface area contributed by atoms with Crippen LogP contribution < -0.4 is 26.0 Å². The van der Waals surface area contributed by atoms with Gasteiger partial charge in [-0.3, -0.25) is 20.4 Å². The summed E-state index contributed by atoms with van der Waals surface area (Å²) in [5.74, 6) is -0.137. The molecule has 0 aliphatic rings. The molecule has 0 atom stereocenters. The first-order valence-corrected chi connectivity index (χ1v) is 9.27. The first-order chi connectivity index (χ1) is 14.3. The summed E-state index contributed by atoms with van der Waals surface area (Å²) in [7, 11) is 0. The van der Waals surface area contributed by atoms with Crippen molar-refractivity contribution in [2.24, 2.45) is 0 Å². The van der Waals surface area contributed by atoms with Crippen molar-refractivity contribution < 1.29 is 23.5 Å². The molecule has 0 saturated heterocycles. The lowest BCUT2D eigenvalue weighted by Gasteiger charge is -2.11. The van der Waals surface area contributed by atoms with Gasteiger partial charge in [-0.2, -0.15) is 0 Å². The highest BCUT2D eigenvalue weighted by Crippen LogP contribution is 2.22. The smallest absolute Gasteiger partial charge is 0.336 e. The summed E-state index contributed by atoms with van der Waals surface area (Å²) < 4.78 is 15.9. The quantitative estimate of drug-likeness (QED) is 0.477. The molecule has 0 aliphatic carbocycles. The van der Waals surface area contributed by atoms with E-state index in [1.54, 1.807) is 25.1 Å². The maximum absolute atomic E-state index is 11.9. The Hall–Kier alpha value is -3.81. The third-order valence-electron chi connectivity index (χ3n) is 4.48. The summed E-state index contributed by atoms with van der Waals surface area (Å²) in [6.07, 6.45) is 0. The third-order valence-corrected chi connectivity index (χ3v) is 4.48. The van der Waals surface area contributed by atoms with Crippen LogP contribution in [0.15, 0.2) is 51.7 Å². The molecule has 1 heterocycles. The Morgan fingerprint density at radius 3 is 2.03 bits per heavy atom. The number of ether oxygens (including phenoxy) is 2. The Balaban J connectivity index is 1.45. The van der Waals surface area contributed by atoms with Gasteiger partial charge in [0.25, 0.3) is 11.8 Å². The Labute approximate surface area is 172 Å². The molecule has 2 N–H and O–H groups in total. The summed E-state index contributed by atoms with van der Waals surface area (Å²) in [5.41, 5.74) is 7.39. The monoisotopic (exact) mass is 410 g/mol. The van der Waals surface area contributed by atoms with Gasteiger partial charge in [0.15, 0.2) is 13.2 Å². The molecule has 1 aromatic heterocycles. The van der Waals surface area contributed by atoms with E-state index >= 15 is 0 Å². The minimum atomic E-state index is -0.555. The summed E-state index contributed by atoms with van der Waals surface area (Å²) in [5, 5.41) is 0.780. The lowest BCUT2D eigenvalue weighted by Crippen LogP contribution is -2.45. The largest absolute Gasteiger partial charge is 0.484 e. The van der Waals surface area contributed by atoms with E-state index in [4.69, 9.17) is 13.9 Å². The van der Waals surface area contributed by atoms with Crippen molar-refractivity contribution in [3.8, 4) is 11.5 Å². The summed E-state index contributed by atoms with van der Waals surface area (Å²) in [6, 6.07) is 11.9. The first-order valence-electron chi connectivity index (χ1n) is 9.27. The van der Waals surface area contributed by atoms with Gasteiger partial charge in [-0.25, -0.2) is 4.79 Å². The van der Waals surface area contributed by atoms with Crippen molar-refractivity contribution in [1.82, 2.24) is 10.9 Å². The predicted octanol–water partition coefficient (Wildman–Crippen LogP) is 2.32. The number of hydrazine groups is 1. The van der Waals surface area contributed by atoms with Gasteiger partial charge in [0.05, 0.1) is 0 Å². The molecule has 0 saturated carbocycles. The maximum Gasteiger partial charge on any atom is 0.336 e. The number of carbonyl (C=O) groups excluding carboxylic acids is 2. The van der Waals surface area contributed by atoms with E-state index in [1.165, 1.54) is 12.1 Å². The van der Waals surface area contributed by atoms with Gasteiger partial charge >= 0.3 is 5.63 Å². The number of benzene rings is 2. The van der Waals surface area contributed by atoms with E-state index in [0.717, 1.165) is 22.1 Å². The second-order valence-electron chi connectivity index (χ2n) is 6.83. The lowest BCUT2D eigenvalue weighted by atomic mass is 10.1. The Morgan fingerprint density at radius 1 is 0.800 bits per heavy atom. The van der Waals surface area contributed by atoms with Crippen LogP contribution in [0, 0.1) is 20.8 Å². The van der Waals surface area contributed by atoms with Gasteiger partial charge in [0.2, 0.25) is 0 Å². The van der Waals surface area contributed by atoms with Crippen LogP contribution in [0.5, 0.6) is 11.5 Å². The molecule has 3 rings (SSSR count). The number of nitrogens with one attached hydrogen (secondary N) is 2. The summed E-state index contributed by atoms with van der Waals surface area (Å²) in [4.78, 5) is 35.2. The van der Waals surface area contributed by atoms with Gasteiger partial charge in [0, 0.05) is 17.5 Å². The van der Waals surface area contributed by atoms with E-state index in [1.807, 2.05) is 26.0 Å². The van der Waals surface area contributed by atoms with Crippen molar-refractivity contribution in [2.45, 2.75) is 20.8 Å². The van der Waals surface area contributed by atoms with Crippen LogP contribution >= 0.6 is 0 Å². The minimum Gasteiger partial charge on any atom is -0.484 e. The number of amides is 2. The zero-order valence-electron chi connectivity index (χ0n) is 16.9. The van der Waals surface area contributed by atoms with Crippen molar-refractivity contribution in [3.63, 3.8) is 0 Å². The van der Waals surface area contributed by atoms with Crippen molar-refractivity contribution in [2.75, 3.05) is 13.2 Å². The normalized spacial score (nSPS) is 10.5. The van der Waals surface area contributed by atoms with Gasteiger partial charge in [-0.05, 0) is 61.7 Å². The molecule has 2 aromatic carbocycles. The van der Waals surface area contributed by atoms with Crippen molar-refractivity contribution in [3.05, 3.63) is 69.6 Å². The number of rotatable bonds is 6. The van der Waals surface area contributed by atoms with Crippen LogP contribution in [-0.2, 0) is 9.59 Å². The van der Waals surface area contributed by atoms with E-state index in [-0.39, 0.29) is 13.2 Å². The molecule has 0 bridgehead atoms. The van der Waals surface area contributed by atoms with E-state index in [9.17, 15) is 14.4 Å².